The van der Waals surface area contributed by atoms with Crippen molar-refractivity contribution >= 4 is 35.1 Å². The number of benzene rings is 1. The molecule has 2 rings (SSSR count). The minimum absolute atomic E-state index is 0.0403. The molecule has 2 unspecified atom stereocenters. The summed E-state index contributed by atoms with van der Waals surface area (Å²) in [5.41, 5.74) is 0.339. The van der Waals surface area contributed by atoms with Crippen molar-refractivity contribution in [1.82, 2.24) is 15.1 Å². The monoisotopic (exact) mass is 425 g/mol. The molecule has 1 heterocycles. The second-order valence-electron chi connectivity index (χ2n) is 6.22. The number of aromatic nitrogens is 2. The molecule has 2 atom stereocenters. The number of carbonyl (C=O) groups excluding carboxylic acids is 2. The molecule has 1 aromatic heterocycles. The fraction of sp³-hybridized carbons (Fsp3) is 0.368. The molecule has 2 aromatic rings. The maximum atomic E-state index is 12.4. The van der Waals surface area contributed by atoms with Crippen LogP contribution in [0.15, 0.2) is 35.1 Å². The molecule has 0 radical (unpaired) electrons. The minimum Gasteiger partial charge on any atom is -0.448 e. The number of nitrogens with one attached hydrogen (secondary N) is 1. The number of amides is 1. The lowest BCUT2D eigenvalue weighted by Gasteiger charge is -2.19. The fourth-order valence-corrected chi connectivity index (χ4v) is 3.04. The number of esters is 1. The van der Waals surface area contributed by atoms with Crippen molar-refractivity contribution in [3.63, 3.8) is 0 Å². The van der Waals surface area contributed by atoms with Crippen molar-refractivity contribution in [3.05, 3.63) is 62.0 Å². The first-order valence-electron chi connectivity index (χ1n) is 8.77. The van der Waals surface area contributed by atoms with E-state index in [0.717, 1.165) is 0 Å². The summed E-state index contributed by atoms with van der Waals surface area (Å²) in [6.07, 6.45) is -0.371. The van der Waals surface area contributed by atoms with Gasteiger partial charge in [-0.25, -0.2) is 9.48 Å². The molecule has 150 valence electrons. The zero-order chi connectivity index (χ0) is 20.8. The summed E-state index contributed by atoms with van der Waals surface area (Å²) in [6.45, 7) is 5.48. The predicted molar refractivity (Wildman–Crippen MR) is 107 cm³/mol. The van der Waals surface area contributed by atoms with Gasteiger partial charge in [-0.15, -0.1) is 0 Å². The van der Waals surface area contributed by atoms with Gasteiger partial charge in [-0.2, -0.15) is 5.10 Å². The van der Waals surface area contributed by atoms with Gasteiger partial charge < -0.3 is 10.1 Å². The molecule has 0 fully saturated rings. The number of hydrogen-bond acceptors (Lipinski definition) is 5. The summed E-state index contributed by atoms with van der Waals surface area (Å²) in [5, 5.41) is 7.62. The van der Waals surface area contributed by atoms with Crippen LogP contribution in [0, 0.1) is 0 Å². The Bertz CT molecular complexity index is 930. The van der Waals surface area contributed by atoms with E-state index in [9.17, 15) is 14.4 Å². The van der Waals surface area contributed by atoms with Crippen LogP contribution in [0.1, 0.15) is 49.3 Å². The van der Waals surface area contributed by atoms with Crippen LogP contribution >= 0.6 is 23.2 Å². The van der Waals surface area contributed by atoms with Crippen LogP contribution in [0.5, 0.6) is 0 Å². The number of hydrogen-bond donors (Lipinski definition) is 1. The Kier molecular flexibility index (Phi) is 7.60. The van der Waals surface area contributed by atoms with E-state index in [1.165, 1.54) is 23.7 Å². The molecule has 9 heteroatoms. The third kappa shape index (κ3) is 5.56. The van der Waals surface area contributed by atoms with Gasteiger partial charge in [0.1, 0.15) is 0 Å². The van der Waals surface area contributed by atoms with E-state index in [1.54, 1.807) is 25.1 Å². The van der Waals surface area contributed by atoms with Crippen molar-refractivity contribution in [2.24, 2.45) is 0 Å². The van der Waals surface area contributed by atoms with Gasteiger partial charge in [-0.1, -0.05) is 36.2 Å². The van der Waals surface area contributed by atoms with Crippen molar-refractivity contribution in [2.75, 3.05) is 0 Å². The third-order valence-electron chi connectivity index (χ3n) is 3.95. The summed E-state index contributed by atoms with van der Waals surface area (Å²) in [7, 11) is 0. The lowest BCUT2D eigenvalue weighted by Crippen LogP contribution is -2.37. The molecule has 0 aliphatic carbocycles. The second-order valence-corrected chi connectivity index (χ2v) is 7.07. The van der Waals surface area contributed by atoms with Gasteiger partial charge in [0.2, 0.25) is 0 Å². The zero-order valence-electron chi connectivity index (χ0n) is 15.7. The molecule has 28 heavy (non-hydrogen) atoms. The highest BCUT2D eigenvalue weighted by Gasteiger charge is 2.22. The van der Waals surface area contributed by atoms with Crippen LogP contribution in [0.2, 0.25) is 10.0 Å². The fourth-order valence-electron chi connectivity index (χ4n) is 2.47. The van der Waals surface area contributed by atoms with E-state index >= 15 is 0 Å². The molecule has 1 N–H and O–H groups in total. The van der Waals surface area contributed by atoms with Crippen LogP contribution < -0.4 is 10.9 Å². The molecule has 0 aliphatic heterocycles. The highest BCUT2D eigenvalue weighted by molar-refractivity contribution is 6.35. The summed E-state index contributed by atoms with van der Waals surface area (Å²) < 4.78 is 6.36. The maximum Gasteiger partial charge on any atom is 0.359 e. The van der Waals surface area contributed by atoms with Crippen molar-refractivity contribution in [2.45, 2.75) is 45.9 Å². The van der Waals surface area contributed by atoms with Crippen molar-refractivity contribution in [3.8, 4) is 0 Å². The number of halogens is 2. The maximum absolute atomic E-state index is 12.4. The Morgan fingerprint density at radius 2 is 1.93 bits per heavy atom. The largest absolute Gasteiger partial charge is 0.448 e. The molecular formula is C19H21Cl2N3O4. The third-order valence-corrected chi connectivity index (χ3v) is 4.51. The summed E-state index contributed by atoms with van der Waals surface area (Å²) in [6, 6.07) is 7.08. The highest BCUT2D eigenvalue weighted by atomic mass is 35.5. The second kappa shape index (κ2) is 9.71. The number of rotatable bonds is 7. The first kappa shape index (κ1) is 21.9. The van der Waals surface area contributed by atoms with Gasteiger partial charge in [0, 0.05) is 22.7 Å². The minimum atomic E-state index is -1.06. The summed E-state index contributed by atoms with van der Waals surface area (Å²) in [4.78, 5) is 36.3. The first-order valence-corrected chi connectivity index (χ1v) is 9.53. The average Bonchev–Trinajstić information content (AvgIpc) is 2.63. The molecule has 1 amide bonds. The molecule has 0 aliphatic rings. The molecule has 0 spiro atoms. The lowest BCUT2D eigenvalue weighted by molar-refractivity contribution is -0.129. The normalized spacial score (nSPS) is 12.9. The van der Waals surface area contributed by atoms with Crippen molar-refractivity contribution in [1.29, 1.82) is 0 Å². The quantitative estimate of drug-likeness (QED) is 0.686. The summed E-state index contributed by atoms with van der Waals surface area (Å²) in [5.74, 6) is -1.28. The molecule has 7 nitrogen and oxygen atoms in total. The Morgan fingerprint density at radius 1 is 1.21 bits per heavy atom. The van der Waals surface area contributed by atoms with Gasteiger partial charge in [-0.3, -0.25) is 9.59 Å². The number of aryl methyl sites for hydroxylation is 1. The van der Waals surface area contributed by atoms with Crippen LogP contribution in [-0.2, 0) is 16.1 Å². The van der Waals surface area contributed by atoms with E-state index < -0.39 is 24.0 Å². The predicted octanol–water partition coefficient (Wildman–Crippen LogP) is 3.38. The van der Waals surface area contributed by atoms with Gasteiger partial charge in [-0.05, 0) is 44.0 Å². The Labute approximate surface area is 172 Å². The highest BCUT2D eigenvalue weighted by Crippen LogP contribution is 2.26. The van der Waals surface area contributed by atoms with Crippen LogP contribution in [0.3, 0.4) is 0 Å². The first-order chi connectivity index (χ1) is 13.2. The van der Waals surface area contributed by atoms with Gasteiger partial charge >= 0.3 is 5.97 Å². The molecule has 0 saturated carbocycles. The lowest BCUT2D eigenvalue weighted by atomic mass is 10.1. The Balaban J connectivity index is 2.02. The number of carbonyl (C=O) groups is 2. The average molecular weight is 426 g/mol. The van der Waals surface area contributed by atoms with E-state index in [1.807, 2.05) is 6.92 Å². The molecule has 0 bridgehead atoms. The van der Waals surface area contributed by atoms with E-state index in [2.05, 4.69) is 10.4 Å². The van der Waals surface area contributed by atoms with Gasteiger partial charge in [0.05, 0.1) is 6.04 Å². The van der Waals surface area contributed by atoms with Gasteiger partial charge in [0.15, 0.2) is 11.8 Å². The van der Waals surface area contributed by atoms with Crippen LogP contribution in [-0.4, -0.2) is 27.8 Å². The van der Waals surface area contributed by atoms with E-state index in [-0.39, 0.29) is 11.3 Å². The van der Waals surface area contributed by atoms with Crippen molar-refractivity contribution < 1.29 is 14.3 Å². The van der Waals surface area contributed by atoms with Crippen LogP contribution in [0.4, 0.5) is 0 Å². The molecule has 0 saturated heterocycles. The summed E-state index contributed by atoms with van der Waals surface area (Å²) >= 11 is 12.0. The smallest absolute Gasteiger partial charge is 0.359 e. The SMILES string of the molecule is CCCn1nc(C(=O)OC(C)C(=O)NC(C)c2ccc(Cl)cc2Cl)ccc1=O. The Morgan fingerprint density at radius 3 is 2.57 bits per heavy atom. The van der Waals surface area contributed by atoms with Gasteiger partial charge in [0.25, 0.3) is 11.5 Å². The standard InChI is InChI=1S/C19H21Cl2N3O4/c1-4-9-24-17(25)8-7-16(23-24)19(27)28-12(3)18(26)22-11(2)14-6-5-13(20)10-15(14)21/h5-8,10-12H,4,9H2,1-3H3,(H,22,26). The number of ether oxygens (including phenoxy) is 1. The molecule has 1 aromatic carbocycles. The van der Waals surface area contributed by atoms with Crippen LogP contribution in [0.25, 0.3) is 0 Å². The van der Waals surface area contributed by atoms with E-state index in [4.69, 9.17) is 27.9 Å². The zero-order valence-corrected chi connectivity index (χ0v) is 17.3. The number of nitrogens with zero attached hydrogens (tertiary/aromatic N) is 2. The molecular weight excluding hydrogens is 405 g/mol. The Hall–Kier alpha value is -2.38. The topological polar surface area (TPSA) is 90.3 Å². The van der Waals surface area contributed by atoms with E-state index in [0.29, 0.717) is 28.6 Å².